The molecule has 0 unspecified atom stereocenters. The van der Waals surface area contributed by atoms with E-state index >= 15 is 0 Å². The van der Waals surface area contributed by atoms with Gasteiger partial charge in [-0.3, -0.25) is 0 Å². The minimum Gasteiger partial charge on any atom is -0.493 e. The van der Waals surface area contributed by atoms with Crippen molar-refractivity contribution in [2.24, 2.45) is 0 Å². The molecule has 1 aliphatic rings. The lowest BCUT2D eigenvalue weighted by Gasteiger charge is -2.13. The normalized spacial score (nSPS) is 14.5. The van der Waals surface area contributed by atoms with Crippen LogP contribution < -0.4 is 9.47 Å². The molecule has 0 N–H and O–H groups in total. The van der Waals surface area contributed by atoms with E-state index in [4.69, 9.17) is 4.74 Å². The molecule has 2 aromatic rings. The van der Waals surface area contributed by atoms with Crippen molar-refractivity contribution in [1.82, 2.24) is 14.8 Å². The van der Waals surface area contributed by atoms with Crippen molar-refractivity contribution in [2.45, 2.75) is 38.8 Å². The van der Waals surface area contributed by atoms with Crippen LogP contribution in [0.4, 0.5) is 8.78 Å². The summed E-state index contributed by atoms with van der Waals surface area (Å²) in [5.41, 5.74) is 0.546. The third-order valence-corrected chi connectivity index (χ3v) is 4.21. The van der Waals surface area contributed by atoms with E-state index in [1.165, 1.54) is 19.3 Å². The zero-order valence-electron chi connectivity index (χ0n) is 14.3. The first-order valence-corrected chi connectivity index (χ1v) is 8.30. The molecule has 26 heavy (non-hydrogen) atoms. The summed E-state index contributed by atoms with van der Waals surface area (Å²) in [6, 6.07) is 6.84. The summed E-state index contributed by atoms with van der Waals surface area (Å²) in [5.74, 6) is 1.33. The first-order chi connectivity index (χ1) is 12.6. The van der Waals surface area contributed by atoms with E-state index in [0.29, 0.717) is 11.4 Å². The van der Waals surface area contributed by atoms with Gasteiger partial charge < -0.3 is 14.0 Å². The average Bonchev–Trinajstić information content (AvgIpc) is 2.88. The number of para-hydroxylation sites is 1. The predicted molar refractivity (Wildman–Crippen MR) is 90.7 cm³/mol. The fraction of sp³-hybridized carbons (Fsp3) is 0.389. The van der Waals surface area contributed by atoms with Crippen LogP contribution in [-0.4, -0.2) is 28.5 Å². The predicted octanol–water partition coefficient (Wildman–Crippen LogP) is 3.68. The molecule has 0 bridgehead atoms. The van der Waals surface area contributed by atoms with Gasteiger partial charge in [0.2, 0.25) is 0 Å². The van der Waals surface area contributed by atoms with E-state index in [9.17, 15) is 14.0 Å². The van der Waals surface area contributed by atoms with Crippen molar-refractivity contribution in [1.29, 1.82) is 5.26 Å². The highest BCUT2D eigenvalue weighted by Gasteiger charge is 2.20. The van der Waals surface area contributed by atoms with E-state index in [0.717, 1.165) is 38.1 Å². The molecule has 2 heterocycles. The minimum atomic E-state index is -3.01. The molecule has 1 aromatic heterocycles. The summed E-state index contributed by atoms with van der Waals surface area (Å²) in [5, 5.41) is 17.9. The Labute approximate surface area is 149 Å². The molecule has 1 aromatic carbocycles. The molecule has 3 rings (SSSR count). The number of ether oxygens (including phenoxy) is 2. The van der Waals surface area contributed by atoms with Crippen molar-refractivity contribution in [3.8, 4) is 17.6 Å². The summed E-state index contributed by atoms with van der Waals surface area (Å²) in [4.78, 5) is 0. The fourth-order valence-corrected chi connectivity index (χ4v) is 3.01. The monoisotopic (exact) mass is 360 g/mol. The Balaban J connectivity index is 2.06. The van der Waals surface area contributed by atoms with Gasteiger partial charge in [0.05, 0.1) is 12.7 Å². The number of rotatable bonds is 5. The van der Waals surface area contributed by atoms with Crippen LogP contribution >= 0.6 is 0 Å². The van der Waals surface area contributed by atoms with Gasteiger partial charge in [-0.2, -0.15) is 14.0 Å². The van der Waals surface area contributed by atoms with E-state index in [2.05, 4.69) is 21.0 Å². The zero-order valence-corrected chi connectivity index (χ0v) is 14.3. The molecule has 8 heteroatoms. The van der Waals surface area contributed by atoms with E-state index in [1.807, 2.05) is 4.57 Å². The van der Waals surface area contributed by atoms with Crippen LogP contribution in [0.25, 0.3) is 11.6 Å². The molecule has 0 amide bonds. The van der Waals surface area contributed by atoms with Crippen LogP contribution in [0.3, 0.4) is 0 Å². The van der Waals surface area contributed by atoms with Crippen molar-refractivity contribution in [2.75, 3.05) is 7.11 Å². The molecule has 0 fully saturated rings. The highest BCUT2D eigenvalue weighted by atomic mass is 19.3. The maximum atomic E-state index is 12.8. The van der Waals surface area contributed by atoms with Crippen molar-refractivity contribution >= 4 is 11.6 Å². The summed E-state index contributed by atoms with van der Waals surface area (Å²) < 4.78 is 37.2. The number of allylic oxidation sites excluding steroid dienone is 1. The molecule has 0 atom stereocenters. The molecular formula is C18H18F2N4O2. The Morgan fingerprint density at radius 1 is 1.31 bits per heavy atom. The van der Waals surface area contributed by atoms with E-state index < -0.39 is 6.61 Å². The number of benzene rings is 1. The number of alkyl halides is 2. The van der Waals surface area contributed by atoms with Gasteiger partial charge >= 0.3 is 6.61 Å². The third-order valence-electron chi connectivity index (χ3n) is 4.21. The number of hydrogen-bond donors (Lipinski definition) is 0. The van der Waals surface area contributed by atoms with Gasteiger partial charge in [0, 0.05) is 18.5 Å². The number of aromatic nitrogens is 3. The van der Waals surface area contributed by atoms with Crippen molar-refractivity contribution in [3.05, 3.63) is 35.4 Å². The van der Waals surface area contributed by atoms with Gasteiger partial charge in [-0.25, -0.2) is 0 Å². The highest BCUT2D eigenvalue weighted by Crippen LogP contribution is 2.35. The van der Waals surface area contributed by atoms with Crippen LogP contribution in [0, 0.1) is 11.3 Å². The molecular weight excluding hydrogens is 342 g/mol. The van der Waals surface area contributed by atoms with E-state index in [1.54, 1.807) is 12.1 Å². The van der Waals surface area contributed by atoms with Crippen LogP contribution in [-0.2, 0) is 13.0 Å². The molecule has 6 nitrogen and oxygen atoms in total. The number of nitrogens with zero attached hydrogens (tertiary/aromatic N) is 4. The molecule has 0 saturated heterocycles. The number of fused-ring (bicyclic) bond motifs is 1. The zero-order chi connectivity index (χ0) is 18.5. The number of nitriles is 1. The Hall–Kier alpha value is -2.95. The average molecular weight is 360 g/mol. The van der Waals surface area contributed by atoms with Gasteiger partial charge in [-0.05, 0) is 25.0 Å². The second kappa shape index (κ2) is 7.95. The maximum Gasteiger partial charge on any atom is 0.387 e. The standard InChI is InChI=1S/C18H18F2N4O2/c1-25-14-7-5-6-12(16(14)26-18(19)20)10-13(11-21)17-23-22-15-8-3-2-4-9-24(15)17/h5-7,10,18H,2-4,8-9H2,1H3/b13-10-. The topological polar surface area (TPSA) is 73.0 Å². The van der Waals surface area contributed by atoms with Crippen LogP contribution in [0.1, 0.15) is 36.5 Å². The van der Waals surface area contributed by atoms with Crippen LogP contribution in [0.15, 0.2) is 18.2 Å². The first kappa shape index (κ1) is 17.9. The third kappa shape index (κ3) is 3.67. The molecule has 136 valence electrons. The first-order valence-electron chi connectivity index (χ1n) is 8.30. The summed E-state index contributed by atoms with van der Waals surface area (Å²) in [6.45, 7) is -2.27. The summed E-state index contributed by atoms with van der Waals surface area (Å²) in [6.07, 6.45) is 5.39. The minimum absolute atomic E-state index is 0.117. The van der Waals surface area contributed by atoms with Gasteiger partial charge in [-0.1, -0.05) is 18.6 Å². The van der Waals surface area contributed by atoms with Gasteiger partial charge in [-0.15, -0.1) is 10.2 Å². The van der Waals surface area contributed by atoms with E-state index in [-0.39, 0.29) is 17.1 Å². The summed E-state index contributed by atoms with van der Waals surface area (Å²) in [7, 11) is 1.37. The summed E-state index contributed by atoms with van der Waals surface area (Å²) >= 11 is 0. The molecule has 0 saturated carbocycles. The largest absolute Gasteiger partial charge is 0.493 e. The number of hydrogen-bond acceptors (Lipinski definition) is 5. The Morgan fingerprint density at radius 3 is 2.88 bits per heavy atom. The lowest BCUT2D eigenvalue weighted by Crippen LogP contribution is -2.06. The SMILES string of the molecule is COc1cccc(/C=C(/C#N)c2nnc3n2CCCCC3)c1OC(F)F. The highest BCUT2D eigenvalue weighted by molar-refractivity contribution is 5.89. The second-order valence-corrected chi connectivity index (χ2v) is 5.83. The smallest absolute Gasteiger partial charge is 0.387 e. The van der Waals surface area contributed by atoms with Gasteiger partial charge in [0.25, 0.3) is 0 Å². The number of halogens is 2. The number of methoxy groups -OCH3 is 1. The molecule has 0 aliphatic carbocycles. The van der Waals surface area contributed by atoms with Crippen molar-refractivity contribution in [3.63, 3.8) is 0 Å². The Kier molecular flexibility index (Phi) is 5.46. The maximum absolute atomic E-state index is 12.8. The molecule has 1 aliphatic heterocycles. The number of aryl methyl sites for hydroxylation is 1. The Bertz CT molecular complexity index is 855. The van der Waals surface area contributed by atoms with Crippen molar-refractivity contribution < 1.29 is 18.3 Å². The fourth-order valence-electron chi connectivity index (χ4n) is 3.01. The van der Waals surface area contributed by atoms with Gasteiger partial charge in [0.15, 0.2) is 17.3 Å². The second-order valence-electron chi connectivity index (χ2n) is 5.83. The van der Waals surface area contributed by atoms with Crippen LogP contribution in [0.5, 0.6) is 11.5 Å². The lowest BCUT2D eigenvalue weighted by atomic mass is 10.1. The van der Waals surface area contributed by atoms with Crippen LogP contribution in [0.2, 0.25) is 0 Å². The van der Waals surface area contributed by atoms with Gasteiger partial charge in [0.1, 0.15) is 11.9 Å². The lowest BCUT2D eigenvalue weighted by molar-refractivity contribution is -0.0513. The molecule has 0 spiro atoms. The molecule has 0 radical (unpaired) electrons. The Morgan fingerprint density at radius 2 is 2.15 bits per heavy atom. The quantitative estimate of drug-likeness (QED) is 0.761.